The van der Waals surface area contributed by atoms with Gasteiger partial charge in [-0.1, -0.05) is 60.2 Å². The van der Waals surface area contributed by atoms with E-state index in [1.54, 1.807) is 11.8 Å². The van der Waals surface area contributed by atoms with Gasteiger partial charge in [0.05, 0.1) is 11.8 Å². The topological polar surface area (TPSA) is 53.2 Å². The highest BCUT2D eigenvalue weighted by Crippen LogP contribution is 2.12. The number of amides is 1. The minimum atomic E-state index is -0.103. The lowest BCUT2D eigenvalue weighted by Gasteiger charge is -2.17. The molecule has 4 nitrogen and oxygen atoms in total. The molecule has 1 amide bonds. The zero-order valence-electron chi connectivity index (χ0n) is 14.4. The average molecular weight is 374 g/mol. The molecule has 0 aliphatic rings. The molecule has 2 aromatic carbocycles. The number of hydrogen-bond acceptors (Lipinski definition) is 3. The summed E-state index contributed by atoms with van der Waals surface area (Å²) in [5.41, 5.74) is 8.95. The first kappa shape index (κ1) is 19.3. The Morgan fingerprint density at radius 3 is 2.44 bits per heavy atom. The lowest BCUT2D eigenvalue weighted by molar-refractivity contribution is -0.119. The molecular formula is C19H23N3OS2. The van der Waals surface area contributed by atoms with Gasteiger partial charge < -0.3 is 5.32 Å². The number of benzene rings is 2. The van der Waals surface area contributed by atoms with Gasteiger partial charge in [0.25, 0.3) is 0 Å². The number of hydrazine groups is 1. The fraction of sp³-hybridized carbons (Fsp3) is 0.263. The van der Waals surface area contributed by atoms with Crippen molar-refractivity contribution in [3.05, 3.63) is 71.3 Å². The molecule has 0 spiro atoms. The summed E-state index contributed by atoms with van der Waals surface area (Å²) >= 11 is 6.77. The van der Waals surface area contributed by atoms with Crippen molar-refractivity contribution in [2.75, 3.05) is 5.75 Å². The number of carbonyl (C=O) groups excluding carboxylic acids is 1. The second-order valence-corrected chi connectivity index (χ2v) is 7.15. The highest BCUT2D eigenvalue weighted by atomic mass is 32.2. The molecule has 0 aliphatic carbocycles. The molecule has 2 rings (SSSR count). The highest BCUT2D eigenvalue weighted by Gasteiger charge is 2.07. The summed E-state index contributed by atoms with van der Waals surface area (Å²) in [7, 11) is 0. The van der Waals surface area contributed by atoms with Gasteiger partial charge in [-0.05, 0) is 37.2 Å². The summed E-state index contributed by atoms with van der Waals surface area (Å²) in [4.78, 5) is 11.9. The van der Waals surface area contributed by atoms with Crippen molar-refractivity contribution in [1.29, 1.82) is 0 Å². The van der Waals surface area contributed by atoms with Crippen LogP contribution in [0.25, 0.3) is 0 Å². The maximum absolute atomic E-state index is 11.9. The van der Waals surface area contributed by atoms with E-state index in [0.29, 0.717) is 10.9 Å². The van der Waals surface area contributed by atoms with Crippen LogP contribution in [0, 0.1) is 6.92 Å². The highest BCUT2D eigenvalue weighted by molar-refractivity contribution is 7.99. The van der Waals surface area contributed by atoms with Crippen LogP contribution in [-0.4, -0.2) is 16.8 Å². The van der Waals surface area contributed by atoms with Gasteiger partial charge in [0, 0.05) is 5.75 Å². The Morgan fingerprint density at radius 2 is 1.76 bits per heavy atom. The molecule has 0 fully saturated rings. The standard InChI is InChI=1S/C19H23N3OS2/c1-14-8-10-16(11-9-14)12-25-13-18(23)21-22-19(24)20-15(2)17-6-4-3-5-7-17/h3-11,15H,12-13H2,1-2H3,(H,21,23)(H2,20,22,24)/t15-/m0/s1. The van der Waals surface area contributed by atoms with E-state index >= 15 is 0 Å². The molecule has 0 saturated heterocycles. The summed E-state index contributed by atoms with van der Waals surface area (Å²) in [5, 5.41) is 3.53. The minimum absolute atomic E-state index is 0.0639. The van der Waals surface area contributed by atoms with Gasteiger partial charge >= 0.3 is 0 Å². The van der Waals surface area contributed by atoms with Crippen molar-refractivity contribution < 1.29 is 4.79 Å². The summed E-state index contributed by atoms with van der Waals surface area (Å²) < 4.78 is 0. The summed E-state index contributed by atoms with van der Waals surface area (Å²) in [6, 6.07) is 18.4. The number of nitrogens with one attached hydrogen (secondary N) is 3. The zero-order valence-corrected chi connectivity index (χ0v) is 16.0. The Hall–Kier alpha value is -2.05. The lowest BCUT2D eigenvalue weighted by atomic mass is 10.1. The van der Waals surface area contributed by atoms with Crippen LogP contribution in [0.5, 0.6) is 0 Å². The average Bonchev–Trinajstić information content (AvgIpc) is 2.62. The second-order valence-electron chi connectivity index (χ2n) is 5.76. The molecule has 0 unspecified atom stereocenters. The second kappa shape index (κ2) is 10.1. The molecule has 0 aliphatic heterocycles. The van der Waals surface area contributed by atoms with E-state index in [0.717, 1.165) is 11.3 Å². The summed E-state index contributed by atoms with van der Waals surface area (Å²) in [6.07, 6.45) is 0. The van der Waals surface area contributed by atoms with E-state index < -0.39 is 0 Å². The third kappa shape index (κ3) is 7.15. The van der Waals surface area contributed by atoms with Gasteiger partial charge in [-0.3, -0.25) is 15.6 Å². The number of rotatable bonds is 6. The summed E-state index contributed by atoms with van der Waals surface area (Å²) in [5.74, 6) is 1.08. The fourth-order valence-electron chi connectivity index (χ4n) is 2.17. The van der Waals surface area contributed by atoms with E-state index in [9.17, 15) is 4.79 Å². The quantitative estimate of drug-likeness (QED) is 0.535. The number of carbonyl (C=O) groups is 1. The van der Waals surface area contributed by atoms with Crippen LogP contribution in [0.2, 0.25) is 0 Å². The van der Waals surface area contributed by atoms with Crippen LogP contribution in [0.3, 0.4) is 0 Å². The Kier molecular flexibility index (Phi) is 7.76. The van der Waals surface area contributed by atoms with Crippen molar-refractivity contribution in [1.82, 2.24) is 16.2 Å². The molecule has 2 aromatic rings. The molecule has 0 saturated carbocycles. The first-order valence-electron chi connectivity index (χ1n) is 8.08. The monoisotopic (exact) mass is 373 g/mol. The Balaban J connectivity index is 1.64. The SMILES string of the molecule is Cc1ccc(CSCC(=O)NNC(=S)N[C@@H](C)c2ccccc2)cc1. The molecule has 0 aromatic heterocycles. The van der Waals surface area contributed by atoms with Gasteiger partial charge in [-0.15, -0.1) is 11.8 Å². The van der Waals surface area contributed by atoms with Crippen LogP contribution < -0.4 is 16.2 Å². The molecule has 0 radical (unpaired) electrons. The molecule has 0 heterocycles. The van der Waals surface area contributed by atoms with Gasteiger partial charge in [-0.25, -0.2) is 0 Å². The molecule has 1 atom stereocenters. The van der Waals surface area contributed by atoms with Crippen LogP contribution in [-0.2, 0) is 10.5 Å². The van der Waals surface area contributed by atoms with Crippen LogP contribution >= 0.6 is 24.0 Å². The Morgan fingerprint density at radius 1 is 1.08 bits per heavy atom. The number of thioether (sulfide) groups is 1. The number of thiocarbonyl (C=S) groups is 1. The smallest absolute Gasteiger partial charge is 0.248 e. The third-order valence-corrected chi connectivity index (χ3v) is 4.81. The predicted octanol–water partition coefficient (Wildman–Crippen LogP) is 3.48. The number of aryl methyl sites for hydroxylation is 1. The van der Waals surface area contributed by atoms with Gasteiger partial charge in [0.15, 0.2) is 5.11 Å². The normalized spacial score (nSPS) is 11.4. The third-order valence-electron chi connectivity index (χ3n) is 3.59. The van der Waals surface area contributed by atoms with Gasteiger partial charge in [-0.2, -0.15) is 0 Å². The maximum Gasteiger partial charge on any atom is 0.248 e. The van der Waals surface area contributed by atoms with Crippen molar-refractivity contribution in [3.63, 3.8) is 0 Å². The van der Waals surface area contributed by atoms with Crippen LogP contribution in [0.15, 0.2) is 54.6 Å². The van der Waals surface area contributed by atoms with Crippen LogP contribution in [0.4, 0.5) is 0 Å². The Labute approximate surface area is 158 Å². The maximum atomic E-state index is 11.9. The van der Waals surface area contributed by atoms with E-state index in [1.807, 2.05) is 37.3 Å². The molecule has 0 bridgehead atoms. The fourth-order valence-corrected chi connectivity index (χ4v) is 3.18. The van der Waals surface area contributed by atoms with Crippen molar-refractivity contribution in [2.24, 2.45) is 0 Å². The zero-order chi connectivity index (χ0) is 18.1. The van der Waals surface area contributed by atoms with E-state index in [1.165, 1.54) is 11.1 Å². The van der Waals surface area contributed by atoms with E-state index in [4.69, 9.17) is 12.2 Å². The van der Waals surface area contributed by atoms with Crippen molar-refractivity contribution in [2.45, 2.75) is 25.6 Å². The van der Waals surface area contributed by atoms with Gasteiger partial charge in [0.2, 0.25) is 5.91 Å². The lowest BCUT2D eigenvalue weighted by Crippen LogP contribution is -2.47. The van der Waals surface area contributed by atoms with Crippen LogP contribution in [0.1, 0.15) is 29.7 Å². The van der Waals surface area contributed by atoms with Gasteiger partial charge in [0.1, 0.15) is 0 Å². The van der Waals surface area contributed by atoms with Crippen molar-refractivity contribution >= 4 is 35.0 Å². The molecular weight excluding hydrogens is 350 g/mol. The van der Waals surface area contributed by atoms with E-state index in [-0.39, 0.29) is 11.9 Å². The first-order valence-corrected chi connectivity index (χ1v) is 9.64. The predicted molar refractivity (Wildman–Crippen MR) is 109 cm³/mol. The Bertz CT molecular complexity index is 690. The minimum Gasteiger partial charge on any atom is -0.355 e. The molecule has 6 heteroatoms. The summed E-state index contributed by atoms with van der Waals surface area (Å²) in [6.45, 7) is 4.08. The molecule has 132 valence electrons. The van der Waals surface area contributed by atoms with E-state index in [2.05, 4.69) is 47.4 Å². The largest absolute Gasteiger partial charge is 0.355 e. The molecule has 25 heavy (non-hydrogen) atoms. The first-order chi connectivity index (χ1) is 12.0. The van der Waals surface area contributed by atoms with Crippen molar-refractivity contribution in [3.8, 4) is 0 Å². The molecule has 3 N–H and O–H groups in total. The number of hydrogen-bond donors (Lipinski definition) is 3.